The van der Waals surface area contributed by atoms with Crippen molar-refractivity contribution >= 4 is 21.4 Å². The van der Waals surface area contributed by atoms with E-state index in [0.29, 0.717) is 6.54 Å². The highest BCUT2D eigenvalue weighted by molar-refractivity contribution is 7.89. The fourth-order valence-electron chi connectivity index (χ4n) is 1.57. The first-order valence-electron chi connectivity index (χ1n) is 6.36. The van der Waals surface area contributed by atoms with Crippen molar-refractivity contribution in [2.24, 2.45) is 0 Å². The Balaban J connectivity index is 3.07. The number of hydrogen-bond acceptors (Lipinski definition) is 6. The molecule has 1 atom stereocenters. The van der Waals surface area contributed by atoms with Crippen molar-refractivity contribution in [2.75, 3.05) is 25.5 Å². The van der Waals surface area contributed by atoms with E-state index in [1.807, 2.05) is 0 Å². The zero-order valence-corrected chi connectivity index (χ0v) is 12.9. The molecule has 0 saturated carbocycles. The van der Waals surface area contributed by atoms with Crippen LogP contribution in [-0.2, 0) is 14.8 Å². The molecule has 0 aliphatic rings. The van der Waals surface area contributed by atoms with Crippen molar-refractivity contribution in [3.63, 3.8) is 0 Å². The topological polar surface area (TPSA) is 111 Å². The summed E-state index contributed by atoms with van der Waals surface area (Å²) in [7, 11) is -2.26. The van der Waals surface area contributed by atoms with Crippen LogP contribution in [0.4, 0.5) is 11.4 Å². The number of nitro benzene ring substituents is 1. The molecule has 118 valence electrons. The number of ether oxygens (including phenoxy) is 1. The second-order valence-corrected chi connectivity index (χ2v) is 6.13. The van der Waals surface area contributed by atoms with Crippen LogP contribution in [0.1, 0.15) is 13.8 Å². The standard InChI is InChI=1S/C12H19N3O5S/c1-4-13-11-7-10(5-6-12(11)15(16)17)21(18,19)14-8-9(2)20-3/h5-7,9,13-14H,4,8H2,1-3H3. The monoisotopic (exact) mass is 317 g/mol. The lowest BCUT2D eigenvalue weighted by molar-refractivity contribution is -0.384. The highest BCUT2D eigenvalue weighted by atomic mass is 32.2. The number of nitrogens with zero attached hydrogens (tertiary/aromatic N) is 1. The Morgan fingerprint density at radius 2 is 2.10 bits per heavy atom. The molecule has 0 fully saturated rings. The molecule has 9 heteroatoms. The van der Waals surface area contributed by atoms with Crippen LogP contribution in [0.3, 0.4) is 0 Å². The van der Waals surface area contributed by atoms with Gasteiger partial charge in [-0.25, -0.2) is 13.1 Å². The van der Waals surface area contributed by atoms with Crippen molar-refractivity contribution in [2.45, 2.75) is 24.8 Å². The maximum atomic E-state index is 12.1. The van der Waals surface area contributed by atoms with Crippen molar-refractivity contribution in [1.82, 2.24) is 4.72 Å². The van der Waals surface area contributed by atoms with Crippen LogP contribution in [-0.4, -0.2) is 39.6 Å². The van der Waals surface area contributed by atoms with Crippen LogP contribution in [0.5, 0.6) is 0 Å². The van der Waals surface area contributed by atoms with Gasteiger partial charge >= 0.3 is 0 Å². The van der Waals surface area contributed by atoms with E-state index in [2.05, 4.69) is 10.0 Å². The third-order valence-electron chi connectivity index (χ3n) is 2.81. The summed E-state index contributed by atoms with van der Waals surface area (Å²) in [6.07, 6.45) is -0.272. The van der Waals surface area contributed by atoms with E-state index in [4.69, 9.17) is 4.74 Å². The van der Waals surface area contributed by atoms with Crippen LogP contribution in [0.2, 0.25) is 0 Å². The Bertz CT molecular complexity index is 603. The Labute approximate surface area is 123 Å². The van der Waals surface area contributed by atoms with Crippen molar-refractivity contribution < 1.29 is 18.1 Å². The zero-order chi connectivity index (χ0) is 16.0. The first-order chi connectivity index (χ1) is 9.81. The normalized spacial score (nSPS) is 12.9. The van der Waals surface area contributed by atoms with Crippen LogP contribution in [0, 0.1) is 10.1 Å². The quantitative estimate of drug-likeness (QED) is 0.553. The van der Waals surface area contributed by atoms with Gasteiger partial charge in [-0.05, 0) is 26.0 Å². The molecule has 0 aliphatic heterocycles. The van der Waals surface area contributed by atoms with E-state index >= 15 is 0 Å². The lowest BCUT2D eigenvalue weighted by atomic mass is 10.2. The molecule has 2 N–H and O–H groups in total. The van der Waals surface area contributed by atoms with E-state index in [1.165, 1.54) is 25.3 Å². The van der Waals surface area contributed by atoms with Crippen LogP contribution >= 0.6 is 0 Å². The van der Waals surface area contributed by atoms with Crippen molar-refractivity contribution in [1.29, 1.82) is 0 Å². The Morgan fingerprint density at radius 3 is 2.62 bits per heavy atom. The average molecular weight is 317 g/mol. The van der Waals surface area contributed by atoms with Gasteiger partial charge in [0.25, 0.3) is 5.69 Å². The molecule has 0 spiro atoms. The Morgan fingerprint density at radius 1 is 1.43 bits per heavy atom. The minimum atomic E-state index is -3.74. The number of rotatable bonds is 8. The average Bonchev–Trinajstić information content (AvgIpc) is 2.44. The summed E-state index contributed by atoms with van der Waals surface area (Å²) in [6.45, 7) is 4.05. The molecule has 21 heavy (non-hydrogen) atoms. The van der Waals surface area contributed by atoms with Crippen molar-refractivity contribution in [3.05, 3.63) is 28.3 Å². The number of nitro groups is 1. The number of nitrogens with one attached hydrogen (secondary N) is 2. The fraction of sp³-hybridized carbons (Fsp3) is 0.500. The van der Waals surface area contributed by atoms with Gasteiger partial charge in [0.15, 0.2) is 0 Å². The van der Waals surface area contributed by atoms with E-state index in [0.717, 1.165) is 0 Å². The molecule has 1 unspecified atom stereocenters. The van der Waals surface area contributed by atoms with Crippen LogP contribution < -0.4 is 10.0 Å². The van der Waals surface area contributed by atoms with E-state index in [9.17, 15) is 18.5 Å². The summed E-state index contributed by atoms with van der Waals surface area (Å²) < 4.78 is 31.6. The zero-order valence-electron chi connectivity index (χ0n) is 12.1. The summed E-state index contributed by atoms with van der Waals surface area (Å²) in [5, 5.41) is 13.7. The lowest BCUT2D eigenvalue weighted by Crippen LogP contribution is -2.31. The molecular weight excluding hydrogens is 298 g/mol. The molecule has 0 radical (unpaired) electrons. The van der Waals surface area contributed by atoms with Crippen LogP contribution in [0.25, 0.3) is 0 Å². The largest absolute Gasteiger partial charge is 0.380 e. The molecule has 0 aromatic heterocycles. The maximum Gasteiger partial charge on any atom is 0.292 e. The minimum absolute atomic E-state index is 0.0349. The molecule has 0 saturated heterocycles. The van der Waals surface area contributed by atoms with Crippen LogP contribution in [0.15, 0.2) is 23.1 Å². The van der Waals surface area contributed by atoms with Gasteiger partial charge in [0.05, 0.1) is 15.9 Å². The summed E-state index contributed by atoms with van der Waals surface area (Å²) in [5.74, 6) is 0. The highest BCUT2D eigenvalue weighted by Gasteiger charge is 2.20. The summed E-state index contributed by atoms with van der Waals surface area (Å²) >= 11 is 0. The second kappa shape index (κ2) is 7.34. The third kappa shape index (κ3) is 4.66. The van der Waals surface area contributed by atoms with Gasteiger partial charge in [-0.15, -0.1) is 0 Å². The SMILES string of the molecule is CCNc1cc(S(=O)(=O)NCC(C)OC)ccc1[N+](=O)[O-]. The predicted octanol–water partition coefficient (Wildman–Crippen LogP) is 1.34. The summed E-state index contributed by atoms with van der Waals surface area (Å²) in [6, 6.07) is 3.63. The van der Waals surface area contributed by atoms with E-state index in [1.54, 1.807) is 13.8 Å². The number of sulfonamides is 1. The molecular formula is C12H19N3O5S. The predicted molar refractivity (Wildman–Crippen MR) is 78.9 cm³/mol. The maximum absolute atomic E-state index is 12.1. The molecule has 0 aliphatic carbocycles. The van der Waals surface area contributed by atoms with E-state index in [-0.39, 0.29) is 28.9 Å². The number of hydrogen-bond donors (Lipinski definition) is 2. The van der Waals surface area contributed by atoms with Gasteiger partial charge in [0.1, 0.15) is 5.69 Å². The first kappa shape index (κ1) is 17.3. The molecule has 0 bridgehead atoms. The molecule has 0 amide bonds. The first-order valence-corrected chi connectivity index (χ1v) is 7.85. The molecule has 1 aromatic carbocycles. The fourth-order valence-corrected chi connectivity index (χ4v) is 2.71. The van der Waals surface area contributed by atoms with E-state index < -0.39 is 14.9 Å². The lowest BCUT2D eigenvalue weighted by Gasteiger charge is -2.12. The van der Waals surface area contributed by atoms with Gasteiger partial charge < -0.3 is 10.1 Å². The molecule has 1 rings (SSSR count). The van der Waals surface area contributed by atoms with Gasteiger partial charge in [-0.2, -0.15) is 0 Å². The highest BCUT2D eigenvalue weighted by Crippen LogP contribution is 2.27. The second-order valence-electron chi connectivity index (χ2n) is 4.36. The van der Waals surface area contributed by atoms with Crippen molar-refractivity contribution in [3.8, 4) is 0 Å². The van der Waals surface area contributed by atoms with Gasteiger partial charge in [0, 0.05) is 26.3 Å². The number of anilines is 1. The number of benzene rings is 1. The Kier molecular flexibility index (Phi) is 6.06. The molecule has 1 aromatic rings. The smallest absolute Gasteiger partial charge is 0.292 e. The molecule has 8 nitrogen and oxygen atoms in total. The Hall–Kier alpha value is -1.71. The summed E-state index contributed by atoms with van der Waals surface area (Å²) in [4.78, 5) is 10.3. The third-order valence-corrected chi connectivity index (χ3v) is 4.23. The number of methoxy groups -OCH3 is 1. The minimum Gasteiger partial charge on any atom is -0.380 e. The van der Waals surface area contributed by atoms with Gasteiger partial charge in [-0.3, -0.25) is 10.1 Å². The van der Waals surface area contributed by atoms with Gasteiger partial charge in [-0.1, -0.05) is 0 Å². The van der Waals surface area contributed by atoms with Gasteiger partial charge in [0.2, 0.25) is 10.0 Å². The summed E-state index contributed by atoms with van der Waals surface area (Å²) in [5.41, 5.74) is 0.00576. The molecule has 0 heterocycles.